The fourth-order valence-electron chi connectivity index (χ4n) is 6.55. The van der Waals surface area contributed by atoms with Crippen LogP contribution < -0.4 is 15.5 Å². The van der Waals surface area contributed by atoms with Gasteiger partial charge in [0.2, 0.25) is 9.05 Å². The smallest absolute Gasteiger partial charge is 0.414 e. The van der Waals surface area contributed by atoms with Gasteiger partial charge in [0.25, 0.3) is 0 Å². The summed E-state index contributed by atoms with van der Waals surface area (Å²) in [6.07, 6.45) is -1.73. The van der Waals surface area contributed by atoms with E-state index >= 15 is 0 Å². The SMILES string of the molecule is CC1OC(=O)N(CCCF)c2ccc(N)cc21.Cc1c(F)c(F)c(CS(=O)(=O)Cc2ccc3c(c2)C(C)OC(=O)N3CCCF)c(F)c1F.Cc1c(F)c(F)c(CS(=O)(=O)Cl)c(F)c1F. The number of nitrogens with two attached hydrogens (primary N) is 1. The average molecular weight is 992 g/mol. The molecule has 0 saturated heterocycles. The zero-order valence-corrected chi connectivity index (χ0v) is 37.1. The van der Waals surface area contributed by atoms with Crippen LogP contribution in [0, 0.1) is 60.4 Å². The highest BCUT2D eigenvalue weighted by atomic mass is 35.7. The molecule has 0 saturated carbocycles. The molecular formula is C41H40ClF10N3O8S2. The standard InChI is InChI=1S/C21H20F5NO4S.C12H15FN2O2.C8H5ClF4O2S/c1-11-17(23)19(25)15(20(26)18(11)24)10-32(29,30)9-13-4-5-16-14(8-13)12(2)31-21(28)27(16)7-3-6-22;1-8-10-7-9(14)3-4-11(10)15(6-2-5-13)12(16)17-8;1-3-5(10)7(12)4(2-16(9,14)15)8(13)6(3)11/h4-5,8,12H,3,6-7,9-10H2,1-2H3;3-4,7-8H,2,5-6,14H2,1H3;2H2,1H3. The van der Waals surface area contributed by atoms with Gasteiger partial charge in [-0.05, 0) is 76.4 Å². The first kappa shape index (κ1) is 52.3. The van der Waals surface area contributed by atoms with Crippen molar-refractivity contribution in [2.45, 2.75) is 70.0 Å². The number of fused-ring (bicyclic) bond motifs is 2. The molecule has 4 aromatic carbocycles. The number of amides is 2. The van der Waals surface area contributed by atoms with Gasteiger partial charge in [-0.3, -0.25) is 18.6 Å². The van der Waals surface area contributed by atoms with Crippen LogP contribution in [0.1, 0.15) is 77.8 Å². The molecule has 2 amide bonds. The molecule has 2 aliphatic heterocycles. The fourth-order valence-corrected chi connectivity index (χ4v) is 8.96. The number of anilines is 3. The van der Waals surface area contributed by atoms with E-state index in [1.165, 1.54) is 28.0 Å². The van der Waals surface area contributed by atoms with Crippen molar-refractivity contribution >= 4 is 58.8 Å². The molecule has 0 spiro atoms. The maximum absolute atomic E-state index is 14.1. The first-order chi connectivity index (χ1) is 30.2. The van der Waals surface area contributed by atoms with Gasteiger partial charge in [-0.25, -0.2) is 61.5 Å². The van der Waals surface area contributed by atoms with E-state index in [1.807, 2.05) is 0 Å². The topological polar surface area (TPSA) is 153 Å². The van der Waals surface area contributed by atoms with E-state index in [9.17, 15) is 70.3 Å². The third kappa shape index (κ3) is 12.3. The average Bonchev–Trinajstić information content (AvgIpc) is 3.24. The van der Waals surface area contributed by atoms with Gasteiger partial charge in [-0.1, -0.05) is 6.07 Å². The number of benzene rings is 4. The van der Waals surface area contributed by atoms with Crippen LogP contribution in [0.5, 0.6) is 0 Å². The number of sulfone groups is 1. The Balaban J connectivity index is 0.000000236. The molecule has 4 aromatic rings. The molecular weight excluding hydrogens is 952 g/mol. The van der Waals surface area contributed by atoms with Gasteiger partial charge in [0.1, 0.15) is 12.2 Å². The molecule has 24 heteroatoms. The van der Waals surface area contributed by atoms with Crippen LogP contribution in [0.3, 0.4) is 0 Å². The summed E-state index contributed by atoms with van der Waals surface area (Å²) in [4.78, 5) is 26.5. The minimum atomic E-state index is -4.31. The first-order valence-corrected chi connectivity index (χ1v) is 23.4. The minimum Gasteiger partial charge on any atom is -0.441 e. The van der Waals surface area contributed by atoms with Crippen molar-refractivity contribution in [1.29, 1.82) is 0 Å². The van der Waals surface area contributed by atoms with Crippen LogP contribution in [-0.4, -0.2) is 55.5 Å². The summed E-state index contributed by atoms with van der Waals surface area (Å²) in [5.74, 6) is -16.8. The van der Waals surface area contributed by atoms with Crippen molar-refractivity contribution in [3.63, 3.8) is 0 Å². The van der Waals surface area contributed by atoms with E-state index in [-0.39, 0.29) is 24.6 Å². The third-order valence-electron chi connectivity index (χ3n) is 9.84. The van der Waals surface area contributed by atoms with Crippen molar-refractivity contribution in [3.05, 3.63) is 122 Å². The molecule has 0 aromatic heterocycles. The second-order valence-electron chi connectivity index (χ2n) is 14.6. The number of nitrogens with zero attached hydrogens (tertiary/aromatic N) is 2. The van der Waals surface area contributed by atoms with Gasteiger partial charge in [-0.2, -0.15) is 0 Å². The van der Waals surface area contributed by atoms with Gasteiger partial charge in [0, 0.05) is 62.8 Å². The van der Waals surface area contributed by atoms with Crippen LogP contribution in [0.2, 0.25) is 0 Å². The van der Waals surface area contributed by atoms with E-state index in [0.717, 1.165) is 25.1 Å². The Morgan fingerprint density at radius 1 is 0.600 bits per heavy atom. The molecule has 0 bridgehead atoms. The third-order valence-corrected chi connectivity index (χ3v) is 12.3. The van der Waals surface area contributed by atoms with Crippen molar-refractivity contribution in [1.82, 2.24) is 0 Å². The van der Waals surface area contributed by atoms with E-state index in [2.05, 4.69) is 0 Å². The number of nitrogen functional groups attached to an aromatic ring is 1. The summed E-state index contributed by atoms with van der Waals surface area (Å²) in [5, 5.41) is 0. The zero-order valence-electron chi connectivity index (χ0n) is 34.7. The van der Waals surface area contributed by atoms with Gasteiger partial charge in [0.05, 0.1) is 42.0 Å². The number of cyclic esters (lactones) is 2. The summed E-state index contributed by atoms with van der Waals surface area (Å²) in [6, 6.07) is 9.62. The second kappa shape index (κ2) is 21.3. The van der Waals surface area contributed by atoms with Gasteiger partial charge in [-0.15, -0.1) is 0 Å². The van der Waals surface area contributed by atoms with Crippen LogP contribution >= 0.6 is 10.7 Å². The molecule has 0 radical (unpaired) electrons. The zero-order chi connectivity index (χ0) is 48.9. The number of hydrogen-bond acceptors (Lipinski definition) is 9. The summed E-state index contributed by atoms with van der Waals surface area (Å²) in [5.41, 5.74) is 4.90. The Hall–Kier alpha value is -5.29. The largest absolute Gasteiger partial charge is 0.441 e. The number of halogens is 11. The first-order valence-electron chi connectivity index (χ1n) is 19.1. The Bertz CT molecular complexity index is 2640. The number of hydrogen-bond donors (Lipinski definition) is 1. The van der Waals surface area contributed by atoms with E-state index in [0.29, 0.717) is 29.9 Å². The monoisotopic (exact) mass is 991 g/mol. The lowest BCUT2D eigenvalue weighted by atomic mass is 10.0. The lowest BCUT2D eigenvalue weighted by molar-refractivity contribution is 0.106. The molecule has 6 rings (SSSR count). The van der Waals surface area contributed by atoms with Crippen molar-refractivity contribution in [3.8, 4) is 0 Å². The van der Waals surface area contributed by atoms with Crippen LogP contribution in [0.15, 0.2) is 36.4 Å². The minimum absolute atomic E-state index is 0.0653. The highest BCUT2D eigenvalue weighted by Gasteiger charge is 2.33. The molecule has 2 atom stereocenters. The Morgan fingerprint density at radius 2 is 0.985 bits per heavy atom. The maximum Gasteiger partial charge on any atom is 0.414 e. The van der Waals surface area contributed by atoms with Crippen LogP contribution in [0.4, 0.5) is 70.6 Å². The molecule has 0 aliphatic carbocycles. The summed E-state index contributed by atoms with van der Waals surface area (Å²) >= 11 is 0. The Labute approximate surface area is 371 Å². The Kier molecular flexibility index (Phi) is 17.2. The maximum atomic E-state index is 14.1. The summed E-state index contributed by atoms with van der Waals surface area (Å²) in [6.45, 7) is 4.33. The van der Waals surface area contributed by atoms with E-state index in [4.69, 9.17) is 25.9 Å². The molecule has 2 aliphatic rings. The van der Waals surface area contributed by atoms with Crippen molar-refractivity contribution in [2.75, 3.05) is 42.0 Å². The van der Waals surface area contributed by atoms with E-state index in [1.54, 1.807) is 32.0 Å². The highest BCUT2D eigenvalue weighted by molar-refractivity contribution is 8.13. The lowest BCUT2D eigenvalue weighted by Gasteiger charge is -2.32. The van der Waals surface area contributed by atoms with Crippen LogP contribution in [0.25, 0.3) is 0 Å². The molecule has 0 fully saturated rings. The molecule has 11 nitrogen and oxygen atoms in total. The summed E-state index contributed by atoms with van der Waals surface area (Å²) in [7, 11) is -3.81. The van der Waals surface area contributed by atoms with Crippen molar-refractivity contribution in [2.24, 2.45) is 0 Å². The molecule has 2 N–H and O–H groups in total. The van der Waals surface area contributed by atoms with Gasteiger partial charge < -0.3 is 15.2 Å². The molecule has 356 valence electrons. The number of carbonyl (C=O) groups is 2. The van der Waals surface area contributed by atoms with Crippen molar-refractivity contribution < 1.29 is 79.8 Å². The second-order valence-corrected chi connectivity index (χ2v) is 19.4. The predicted octanol–water partition coefficient (Wildman–Crippen LogP) is 10.3. The molecule has 65 heavy (non-hydrogen) atoms. The van der Waals surface area contributed by atoms with Crippen LogP contribution in [-0.2, 0) is 45.6 Å². The summed E-state index contributed by atoms with van der Waals surface area (Å²) < 4.78 is 189. The normalized spacial score (nSPS) is 15.8. The van der Waals surface area contributed by atoms with E-state index < -0.39 is 137 Å². The number of ether oxygens (including phenoxy) is 2. The quantitative estimate of drug-likeness (QED) is 0.0632. The number of carbonyl (C=O) groups excluding carboxylic acids is 2. The number of rotatable bonds is 12. The fraction of sp³-hybridized carbons (Fsp3) is 0.366. The highest BCUT2D eigenvalue weighted by Crippen LogP contribution is 2.37. The Morgan fingerprint density at radius 3 is 1.38 bits per heavy atom. The molecule has 2 heterocycles. The molecule has 2 unspecified atom stereocenters. The van der Waals surface area contributed by atoms with Gasteiger partial charge >= 0.3 is 12.2 Å². The predicted molar refractivity (Wildman–Crippen MR) is 220 cm³/mol. The number of alkyl halides is 2. The lowest BCUT2D eigenvalue weighted by Crippen LogP contribution is -2.38. The van der Waals surface area contributed by atoms with Gasteiger partial charge in [0.15, 0.2) is 56.4 Å².